The summed E-state index contributed by atoms with van der Waals surface area (Å²) in [5.74, 6) is 0.767. The minimum atomic E-state index is -0.273. The van der Waals surface area contributed by atoms with E-state index in [1.165, 1.54) is 0 Å². The number of carbonyl (C=O) groups is 1. The highest BCUT2D eigenvalue weighted by atomic mass is 35.5. The molecule has 1 N–H and O–H groups in total. The molecule has 6 heteroatoms. The summed E-state index contributed by atoms with van der Waals surface area (Å²) in [6.45, 7) is 1.90. The van der Waals surface area contributed by atoms with Crippen LogP contribution in [0.1, 0.15) is 5.56 Å². The third-order valence-corrected chi connectivity index (χ3v) is 4.47. The molecular formula is C22H17ClN2O3. The molecule has 28 heavy (non-hydrogen) atoms. The predicted octanol–water partition coefficient (Wildman–Crippen LogP) is 5.47. The molecular weight excluding hydrogens is 376 g/mol. The zero-order chi connectivity index (χ0) is 19.5. The van der Waals surface area contributed by atoms with Crippen molar-refractivity contribution in [2.75, 3.05) is 11.9 Å². The van der Waals surface area contributed by atoms with E-state index in [4.69, 9.17) is 20.8 Å². The number of anilines is 1. The number of aromatic nitrogens is 1. The maximum Gasteiger partial charge on any atom is 0.262 e. The Labute approximate surface area is 166 Å². The molecule has 0 aliphatic heterocycles. The Bertz CT molecular complexity index is 1140. The quantitative estimate of drug-likeness (QED) is 0.488. The number of aryl methyl sites for hydroxylation is 1. The maximum absolute atomic E-state index is 12.2. The number of para-hydroxylation sites is 1. The van der Waals surface area contributed by atoms with Crippen LogP contribution in [0.15, 0.2) is 71.1 Å². The summed E-state index contributed by atoms with van der Waals surface area (Å²) in [6.07, 6.45) is 0. The molecule has 0 unspecified atom stereocenters. The normalized spacial score (nSPS) is 10.8. The lowest BCUT2D eigenvalue weighted by Gasteiger charge is -2.09. The standard InChI is InChI=1S/C22H17ClN2O3/c1-14-7-10-20-19(11-14)25-22(28-20)17-12-15(8-9-18(17)23)24-21(26)13-27-16-5-3-2-4-6-16/h2-12H,13H2,1H3,(H,24,26). The number of nitrogens with one attached hydrogen (secondary N) is 1. The largest absolute Gasteiger partial charge is 0.484 e. The van der Waals surface area contributed by atoms with Crippen LogP contribution in [0.3, 0.4) is 0 Å². The first-order valence-corrected chi connectivity index (χ1v) is 9.11. The summed E-state index contributed by atoms with van der Waals surface area (Å²) in [5, 5.41) is 3.29. The summed E-state index contributed by atoms with van der Waals surface area (Å²) in [6, 6.07) is 20.1. The second-order valence-corrected chi connectivity index (χ2v) is 6.74. The third-order valence-electron chi connectivity index (χ3n) is 4.14. The van der Waals surface area contributed by atoms with Crippen LogP contribution >= 0.6 is 11.6 Å². The van der Waals surface area contributed by atoms with E-state index in [1.54, 1.807) is 30.3 Å². The van der Waals surface area contributed by atoms with Crippen molar-refractivity contribution in [2.24, 2.45) is 0 Å². The van der Waals surface area contributed by atoms with Crippen molar-refractivity contribution in [3.8, 4) is 17.2 Å². The molecule has 0 aliphatic rings. The number of oxazole rings is 1. The van der Waals surface area contributed by atoms with Crippen LogP contribution in [0.2, 0.25) is 5.02 Å². The van der Waals surface area contributed by atoms with Gasteiger partial charge in [0.15, 0.2) is 12.2 Å². The number of ether oxygens (including phenoxy) is 1. The van der Waals surface area contributed by atoms with Crippen LogP contribution in [-0.2, 0) is 4.79 Å². The lowest BCUT2D eigenvalue weighted by atomic mass is 10.2. The van der Waals surface area contributed by atoms with E-state index >= 15 is 0 Å². The van der Waals surface area contributed by atoms with Gasteiger partial charge in [0, 0.05) is 5.69 Å². The lowest BCUT2D eigenvalue weighted by Crippen LogP contribution is -2.20. The number of fused-ring (bicyclic) bond motifs is 1. The molecule has 0 bridgehead atoms. The van der Waals surface area contributed by atoms with Gasteiger partial charge in [-0.2, -0.15) is 0 Å². The van der Waals surface area contributed by atoms with Gasteiger partial charge < -0.3 is 14.5 Å². The monoisotopic (exact) mass is 392 g/mol. The average molecular weight is 393 g/mol. The number of carbonyl (C=O) groups excluding carboxylic acids is 1. The van der Waals surface area contributed by atoms with E-state index < -0.39 is 0 Å². The van der Waals surface area contributed by atoms with Crippen molar-refractivity contribution in [3.05, 3.63) is 77.3 Å². The summed E-state index contributed by atoms with van der Waals surface area (Å²) >= 11 is 6.33. The molecule has 0 spiro atoms. The van der Waals surface area contributed by atoms with Gasteiger partial charge in [0.2, 0.25) is 5.89 Å². The molecule has 1 heterocycles. The molecule has 1 aromatic heterocycles. The van der Waals surface area contributed by atoms with Crippen LogP contribution in [0.5, 0.6) is 5.75 Å². The fourth-order valence-corrected chi connectivity index (χ4v) is 2.98. The number of benzene rings is 3. The van der Waals surface area contributed by atoms with Gasteiger partial charge in [-0.1, -0.05) is 35.9 Å². The molecule has 1 amide bonds. The Kier molecular flexibility index (Phi) is 5.00. The Morgan fingerprint density at radius 1 is 1.11 bits per heavy atom. The van der Waals surface area contributed by atoms with E-state index in [9.17, 15) is 4.79 Å². The summed E-state index contributed by atoms with van der Waals surface area (Å²) in [4.78, 5) is 16.7. The van der Waals surface area contributed by atoms with Crippen molar-refractivity contribution < 1.29 is 13.9 Å². The molecule has 0 atom stereocenters. The highest BCUT2D eigenvalue weighted by Crippen LogP contribution is 2.32. The maximum atomic E-state index is 12.2. The van der Waals surface area contributed by atoms with Gasteiger partial charge in [-0.05, 0) is 55.0 Å². The van der Waals surface area contributed by atoms with Gasteiger partial charge in [-0.15, -0.1) is 0 Å². The Balaban J connectivity index is 1.52. The molecule has 0 aliphatic carbocycles. The van der Waals surface area contributed by atoms with Crippen LogP contribution in [0, 0.1) is 6.92 Å². The van der Waals surface area contributed by atoms with Gasteiger partial charge in [-0.3, -0.25) is 4.79 Å². The van der Waals surface area contributed by atoms with Crippen molar-refractivity contribution in [3.63, 3.8) is 0 Å². The minimum Gasteiger partial charge on any atom is -0.484 e. The minimum absolute atomic E-state index is 0.0931. The molecule has 0 fully saturated rings. The van der Waals surface area contributed by atoms with Crippen molar-refractivity contribution in [1.29, 1.82) is 0 Å². The van der Waals surface area contributed by atoms with Gasteiger partial charge in [0.05, 0.1) is 10.6 Å². The van der Waals surface area contributed by atoms with Crippen molar-refractivity contribution in [2.45, 2.75) is 6.92 Å². The van der Waals surface area contributed by atoms with Gasteiger partial charge in [0.25, 0.3) is 5.91 Å². The highest BCUT2D eigenvalue weighted by Gasteiger charge is 2.14. The number of hydrogen-bond acceptors (Lipinski definition) is 4. The van der Waals surface area contributed by atoms with Crippen LogP contribution in [0.25, 0.3) is 22.6 Å². The van der Waals surface area contributed by atoms with E-state index in [1.807, 2.05) is 43.3 Å². The summed E-state index contributed by atoms with van der Waals surface area (Å²) in [5.41, 5.74) is 3.73. The molecule has 0 saturated carbocycles. The lowest BCUT2D eigenvalue weighted by molar-refractivity contribution is -0.118. The van der Waals surface area contributed by atoms with Crippen LogP contribution in [-0.4, -0.2) is 17.5 Å². The molecule has 5 nitrogen and oxygen atoms in total. The highest BCUT2D eigenvalue weighted by molar-refractivity contribution is 6.33. The van der Waals surface area contributed by atoms with Crippen LogP contribution < -0.4 is 10.1 Å². The summed E-state index contributed by atoms with van der Waals surface area (Å²) < 4.78 is 11.3. The fourth-order valence-electron chi connectivity index (χ4n) is 2.78. The van der Waals surface area contributed by atoms with E-state index in [0.29, 0.717) is 33.5 Å². The average Bonchev–Trinajstić information content (AvgIpc) is 3.11. The Hall–Kier alpha value is -3.31. The predicted molar refractivity (Wildman–Crippen MR) is 110 cm³/mol. The molecule has 140 valence electrons. The van der Waals surface area contributed by atoms with Gasteiger partial charge in [-0.25, -0.2) is 4.98 Å². The first kappa shape index (κ1) is 18.1. The zero-order valence-electron chi connectivity index (χ0n) is 15.1. The molecule has 0 saturated heterocycles. The van der Waals surface area contributed by atoms with E-state index in [2.05, 4.69) is 10.3 Å². The molecule has 4 rings (SSSR count). The zero-order valence-corrected chi connectivity index (χ0v) is 15.9. The molecule has 3 aromatic carbocycles. The molecule has 4 aromatic rings. The smallest absolute Gasteiger partial charge is 0.262 e. The number of hydrogen-bond donors (Lipinski definition) is 1. The first-order chi connectivity index (χ1) is 13.6. The van der Waals surface area contributed by atoms with Crippen LogP contribution in [0.4, 0.5) is 5.69 Å². The third kappa shape index (κ3) is 4.00. The van der Waals surface area contributed by atoms with Crippen molar-refractivity contribution in [1.82, 2.24) is 4.98 Å². The van der Waals surface area contributed by atoms with E-state index in [0.717, 1.165) is 11.1 Å². The summed E-state index contributed by atoms with van der Waals surface area (Å²) in [7, 11) is 0. The van der Waals surface area contributed by atoms with Gasteiger partial charge in [0.1, 0.15) is 11.3 Å². The first-order valence-electron chi connectivity index (χ1n) is 8.73. The second-order valence-electron chi connectivity index (χ2n) is 6.33. The van der Waals surface area contributed by atoms with Gasteiger partial charge >= 0.3 is 0 Å². The topological polar surface area (TPSA) is 64.4 Å². The Morgan fingerprint density at radius 3 is 2.75 bits per heavy atom. The fraction of sp³-hybridized carbons (Fsp3) is 0.0909. The molecule has 0 radical (unpaired) electrons. The number of nitrogens with zero attached hydrogens (tertiary/aromatic N) is 1. The second kappa shape index (κ2) is 7.74. The number of rotatable bonds is 5. The van der Waals surface area contributed by atoms with E-state index in [-0.39, 0.29) is 12.5 Å². The number of amides is 1. The SMILES string of the molecule is Cc1ccc2oc(-c3cc(NC(=O)COc4ccccc4)ccc3Cl)nc2c1. The Morgan fingerprint density at radius 2 is 1.93 bits per heavy atom. The number of halogens is 1. The van der Waals surface area contributed by atoms with Crippen molar-refractivity contribution >= 4 is 34.3 Å².